The van der Waals surface area contributed by atoms with Gasteiger partial charge in [-0.1, -0.05) is 17.3 Å². The molecule has 1 N–H and O–H groups in total. The summed E-state index contributed by atoms with van der Waals surface area (Å²) < 4.78 is 5.41. The molecule has 0 unspecified atom stereocenters. The van der Waals surface area contributed by atoms with Crippen LogP contribution >= 0.6 is 0 Å². The molecule has 4 nitrogen and oxygen atoms in total. The number of allylic oxidation sites excluding steroid dienone is 1. The van der Waals surface area contributed by atoms with E-state index in [2.05, 4.69) is 30.5 Å². The van der Waals surface area contributed by atoms with E-state index in [0.29, 0.717) is 5.92 Å². The van der Waals surface area contributed by atoms with Crippen LogP contribution < -0.4 is 0 Å². The Morgan fingerprint density at radius 3 is 2.72 bits per heavy atom. The predicted octanol–water partition coefficient (Wildman–Crippen LogP) is 2.28. The van der Waals surface area contributed by atoms with Gasteiger partial charge in [-0.05, 0) is 39.0 Å². The SMILES string of the molecule is C=C(C)[C@H]1CC[C@](C)(N2CCOCC2)/C(=N\O)C1. The third kappa shape index (κ3) is 2.45. The van der Waals surface area contributed by atoms with Gasteiger partial charge in [0.1, 0.15) is 0 Å². The Kier molecular flexibility index (Phi) is 4.07. The van der Waals surface area contributed by atoms with Crippen molar-refractivity contribution < 1.29 is 9.94 Å². The zero-order valence-electron chi connectivity index (χ0n) is 11.5. The molecule has 1 aliphatic heterocycles. The Bertz CT molecular complexity index is 348. The molecule has 18 heavy (non-hydrogen) atoms. The lowest BCUT2D eigenvalue weighted by molar-refractivity contribution is -0.00228. The summed E-state index contributed by atoms with van der Waals surface area (Å²) in [7, 11) is 0. The molecule has 2 fully saturated rings. The zero-order chi connectivity index (χ0) is 13.2. The first-order valence-corrected chi connectivity index (χ1v) is 6.77. The van der Waals surface area contributed by atoms with Crippen LogP contribution in [0.15, 0.2) is 17.3 Å². The maximum atomic E-state index is 9.36. The lowest BCUT2D eigenvalue weighted by Crippen LogP contribution is -2.58. The number of hydrogen-bond donors (Lipinski definition) is 1. The number of rotatable bonds is 2. The molecule has 0 radical (unpaired) electrons. The molecular formula is C14H24N2O2. The van der Waals surface area contributed by atoms with Crippen LogP contribution in [0, 0.1) is 5.92 Å². The summed E-state index contributed by atoms with van der Waals surface area (Å²) in [5.74, 6) is 0.463. The number of ether oxygens (including phenoxy) is 1. The van der Waals surface area contributed by atoms with Crippen LogP contribution in [0.3, 0.4) is 0 Å². The smallest absolute Gasteiger partial charge is 0.0776 e. The molecule has 0 aromatic heterocycles. The minimum Gasteiger partial charge on any atom is -0.411 e. The van der Waals surface area contributed by atoms with Crippen LogP contribution in [0.25, 0.3) is 0 Å². The largest absolute Gasteiger partial charge is 0.411 e. The molecule has 0 aromatic carbocycles. The molecule has 2 aliphatic rings. The van der Waals surface area contributed by atoms with E-state index >= 15 is 0 Å². The van der Waals surface area contributed by atoms with Crippen molar-refractivity contribution in [2.75, 3.05) is 26.3 Å². The van der Waals surface area contributed by atoms with Gasteiger partial charge >= 0.3 is 0 Å². The van der Waals surface area contributed by atoms with Crippen LogP contribution in [0.4, 0.5) is 0 Å². The van der Waals surface area contributed by atoms with Gasteiger partial charge in [0.25, 0.3) is 0 Å². The summed E-state index contributed by atoms with van der Waals surface area (Å²) in [6, 6.07) is 0. The Hall–Kier alpha value is -0.870. The van der Waals surface area contributed by atoms with Crippen molar-refractivity contribution in [2.24, 2.45) is 11.1 Å². The topological polar surface area (TPSA) is 45.1 Å². The van der Waals surface area contributed by atoms with Gasteiger partial charge in [0.15, 0.2) is 0 Å². The highest BCUT2D eigenvalue weighted by molar-refractivity contribution is 5.94. The average Bonchev–Trinajstić information content (AvgIpc) is 2.40. The highest BCUT2D eigenvalue weighted by atomic mass is 16.5. The highest BCUT2D eigenvalue weighted by Crippen LogP contribution is 2.37. The van der Waals surface area contributed by atoms with E-state index < -0.39 is 0 Å². The third-order valence-corrected chi connectivity index (χ3v) is 4.57. The average molecular weight is 252 g/mol. The second-order valence-corrected chi connectivity index (χ2v) is 5.71. The maximum Gasteiger partial charge on any atom is 0.0776 e. The van der Waals surface area contributed by atoms with Gasteiger partial charge in [-0.2, -0.15) is 0 Å². The zero-order valence-corrected chi connectivity index (χ0v) is 11.5. The first-order chi connectivity index (χ1) is 8.58. The van der Waals surface area contributed by atoms with Gasteiger partial charge in [0, 0.05) is 13.1 Å². The van der Waals surface area contributed by atoms with Gasteiger partial charge < -0.3 is 9.94 Å². The van der Waals surface area contributed by atoms with E-state index in [1.165, 1.54) is 5.57 Å². The molecule has 0 amide bonds. The van der Waals surface area contributed by atoms with Gasteiger partial charge in [0.2, 0.25) is 0 Å². The quantitative estimate of drug-likeness (QED) is 0.466. The molecule has 2 rings (SSSR count). The van der Waals surface area contributed by atoms with E-state index in [4.69, 9.17) is 4.74 Å². The Morgan fingerprint density at radius 1 is 1.50 bits per heavy atom. The Labute approximate surface area is 109 Å². The molecule has 102 valence electrons. The van der Waals surface area contributed by atoms with Gasteiger partial charge in [-0.25, -0.2) is 0 Å². The number of nitrogens with zero attached hydrogens (tertiary/aromatic N) is 2. The van der Waals surface area contributed by atoms with E-state index in [1.54, 1.807) is 0 Å². The van der Waals surface area contributed by atoms with Crippen molar-refractivity contribution >= 4 is 5.71 Å². The third-order valence-electron chi connectivity index (χ3n) is 4.57. The lowest BCUT2D eigenvalue weighted by atomic mass is 9.73. The predicted molar refractivity (Wildman–Crippen MR) is 72.2 cm³/mol. The number of morpholine rings is 1. The number of hydrogen-bond acceptors (Lipinski definition) is 4. The summed E-state index contributed by atoms with van der Waals surface area (Å²) in [5, 5.41) is 13.0. The van der Waals surface area contributed by atoms with Crippen LogP contribution in [0.1, 0.15) is 33.1 Å². The van der Waals surface area contributed by atoms with Crippen LogP contribution in [-0.4, -0.2) is 47.7 Å². The minimum absolute atomic E-state index is 0.107. The standard InChI is InChI=1S/C14H24N2O2/c1-11(2)12-4-5-14(3,13(10-12)15-17)16-6-8-18-9-7-16/h12,17H,1,4-10H2,2-3H3/b15-13-/t12-,14-/m0/s1. The fraction of sp³-hybridized carbons (Fsp3) is 0.786. The van der Waals surface area contributed by atoms with Crippen molar-refractivity contribution in [2.45, 2.75) is 38.6 Å². The molecule has 1 saturated heterocycles. The minimum atomic E-state index is -0.107. The van der Waals surface area contributed by atoms with E-state index in [9.17, 15) is 5.21 Å². The van der Waals surface area contributed by atoms with Gasteiger partial charge in [0.05, 0.1) is 24.5 Å². The first-order valence-electron chi connectivity index (χ1n) is 6.77. The van der Waals surface area contributed by atoms with Crippen LogP contribution in [0.5, 0.6) is 0 Å². The molecule has 0 bridgehead atoms. The summed E-state index contributed by atoms with van der Waals surface area (Å²) in [6.07, 6.45) is 2.99. The normalized spacial score (nSPS) is 36.8. The lowest BCUT2D eigenvalue weighted by Gasteiger charge is -2.47. The second kappa shape index (κ2) is 5.41. The molecule has 0 aromatic rings. The number of oxime groups is 1. The van der Waals surface area contributed by atoms with Crippen LogP contribution in [-0.2, 0) is 4.74 Å². The van der Waals surface area contributed by atoms with Crippen LogP contribution in [0.2, 0.25) is 0 Å². The van der Waals surface area contributed by atoms with Gasteiger partial charge in [-0.3, -0.25) is 4.90 Å². The fourth-order valence-corrected chi connectivity index (χ4v) is 3.12. The van der Waals surface area contributed by atoms with Crippen molar-refractivity contribution in [1.82, 2.24) is 4.90 Å². The second-order valence-electron chi connectivity index (χ2n) is 5.71. The first kappa shape index (κ1) is 13.6. The summed E-state index contributed by atoms with van der Waals surface area (Å²) in [6.45, 7) is 11.7. The van der Waals surface area contributed by atoms with Crippen molar-refractivity contribution in [3.8, 4) is 0 Å². The molecule has 0 spiro atoms. The Morgan fingerprint density at radius 2 is 2.17 bits per heavy atom. The molecule has 1 heterocycles. The molecule has 1 aliphatic carbocycles. The molecular weight excluding hydrogens is 228 g/mol. The van der Waals surface area contributed by atoms with E-state index in [1.807, 2.05) is 0 Å². The van der Waals surface area contributed by atoms with Gasteiger partial charge in [-0.15, -0.1) is 0 Å². The monoisotopic (exact) mass is 252 g/mol. The van der Waals surface area contributed by atoms with Crippen molar-refractivity contribution in [1.29, 1.82) is 0 Å². The van der Waals surface area contributed by atoms with E-state index in [0.717, 1.165) is 51.3 Å². The summed E-state index contributed by atoms with van der Waals surface area (Å²) in [4.78, 5) is 2.40. The Balaban J connectivity index is 2.14. The highest BCUT2D eigenvalue weighted by Gasteiger charge is 2.42. The molecule has 2 atom stereocenters. The fourth-order valence-electron chi connectivity index (χ4n) is 3.12. The van der Waals surface area contributed by atoms with E-state index in [-0.39, 0.29) is 5.54 Å². The van der Waals surface area contributed by atoms with Crippen molar-refractivity contribution in [3.05, 3.63) is 12.2 Å². The maximum absolute atomic E-state index is 9.36. The summed E-state index contributed by atoms with van der Waals surface area (Å²) in [5.41, 5.74) is 1.99. The molecule has 1 saturated carbocycles. The van der Waals surface area contributed by atoms with Crippen molar-refractivity contribution in [3.63, 3.8) is 0 Å². The molecule has 4 heteroatoms. The summed E-state index contributed by atoms with van der Waals surface area (Å²) >= 11 is 0.